The van der Waals surface area contributed by atoms with Crippen molar-refractivity contribution in [3.05, 3.63) is 40.3 Å². The highest BCUT2D eigenvalue weighted by Crippen LogP contribution is 2.40. The zero-order valence-electron chi connectivity index (χ0n) is 14.0. The van der Waals surface area contributed by atoms with E-state index in [9.17, 15) is 13.2 Å². The number of carbonyl (C=O) groups is 1. The van der Waals surface area contributed by atoms with Crippen LogP contribution in [0.2, 0.25) is 0 Å². The lowest BCUT2D eigenvalue weighted by Crippen LogP contribution is -2.15. The van der Waals surface area contributed by atoms with Crippen LogP contribution in [-0.2, 0) is 27.6 Å². The van der Waals surface area contributed by atoms with Gasteiger partial charge in [-0.1, -0.05) is 0 Å². The standard InChI is InChI=1S/C17H19NO5S2/c1-3-23-11-7-9-12(10-8-11)25(20,21)18-16-15(17(19)22-2)13-5-4-6-14(13)24-16/h7-10,18H,3-6H2,1-2H3. The summed E-state index contributed by atoms with van der Waals surface area (Å²) in [5.74, 6) is 0.0931. The number of esters is 1. The molecule has 2 aromatic rings. The minimum absolute atomic E-state index is 0.111. The minimum Gasteiger partial charge on any atom is -0.494 e. The molecule has 1 aliphatic rings. The Hall–Kier alpha value is -2.06. The topological polar surface area (TPSA) is 81.7 Å². The van der Waals surface area contributed by atoms with Crippen molar-refractivity contribution in [3.63, 3.8) is 0 Å². The molecule has 8 heteroatoms. The van der Waals surface area contributed by atoms with E-state index in [0.717, 1.165) is 29.7 Å². The number of sulfonamides is 1. The van der Waals surface area contributed by atoms with Crippen LogP contribution in [0, 0.1) is 0 Å². The highest BCUT2D eigenvalue weighted by molar-refractivity contribution is 7.93. The number of anilines is 1. The van der Waals surface area contributed by atoms with E-state index in [4.69, 9.17) is 9.47 Å². The molecule has 134 valence electrons. The third-order valence-electron chi connectivity index (χ3n) is 3.98. The van der Waals surface area contributed by atoms with Crippen LogP contribution >= 0.6 is 11.3 Å². The maximum Gasteiger partial charge on any atom is 0.341 e. The zero-order chi connectivity index (χ0) is 18.0. The molecule has 1 aromatic heterocycles. The van der Waals surface area contributed by atoms with E-state index in [0.29, 0.717) is 22.9 Å². The van der Waals surface area contributed by atoms with Gasteiger partial charge in [-0.25, -0.2) is 13.2 Å². The van der Waals surface area contributed by atoms with Crippen LogP contribution in [0.25, 0.3) is 0 Å². The summed E-state index contributed by atoms with van der Waals surface area (Å²) in [4.78, 5) is 13.3. The number of rotatable bonds is 6. The largest absolute Gasteiger partial charge is 0.494 e. The van der Waals surface area contributed by atoms with Crippen molar-refractivity contribution in [3.8, 4) is 5.75 Å². The molecule has 25 heavy (non-hydrogen) atoms. The molecule has 0 unspecified atom stereocenters. The molecule has 0 radical (unpaired) electrons. The van der Waals surface area contributed by atoms with Crippen LogP contribution < -0.4 is 9.46 Å². The fourth-order valence-electron chi connectivity index (χ4n) is 2.86. The zero-order valence-corrected chi connectivity index (χ0v) is 15.6. The van der Waals surface area contributed by atoms with Crippen LogP contribution in [0.4, 0.5) is 5.00 Å². The summed E-state index contributed by atoms with van der Waals surface area (Å²) in [5, 5.41) is 0.324. The molecule has 6 nitrogen and oxygen atoms in total. The fourth-order valence-corrected chi connectivity index (χ4v) is 5.44. The van der Waals surface area contributed by atoms with Gasteiger partial charge in [0.1, 0.15) is 10.8 Å². The fraction of sp³-hybridized carbons (Fsp3) is 0.353. The number of carbonyl (C=O) groups excluding carboxylic acids is 1. The molecule has 3 rings (SSSR count). The lowest BCUT2D eigenvalue weighted by atomic mass is 10.1. The van der Waals surface area contributed by atoms with Crippen molar-refractivity contribution < 1.29 is 22.7 Å². The maximum absolute atomic E-state index is 12.7. The van der Waals surface area contributed by atoms with E-state index >= 15 is 0 Å². The van der Waals surface area contributed by atoms with Crippen LogP contribution in [0.1, 0.15) is 34.1 Å². The Morgan fingerprint density at radius 3 is 2.60 bits per heavy atom. The Labute approximate surface area is 150 Å². The van der Waals surface area contributed by atoms with Crippen molar-refractivity contribution in [2.45, 2.75) is 31.1 Å². The summed E-state index contributed by atoms with van der Waals surface area (Å²) >= 11 is 1.31. The van der Waals surface area contributed by atoms with Gasteiger partial charge >= 0.3 is 5.97 Å². The summed E-state index contributed by atoms with van der Waals surface area (Å²) in [7, 11) is -2.50. The predicted octanol–water partition coefficient (Wildman–Crippen LogP) is 3.22. The van der Waals surface area contributed by atoms with Gasteiger partial charge in [0.05, 0.1) is 24.2 Å². The van der Waals surface area contributed by atoms with E-state index in [2.05, 4.69) is 4.72 Å². The Kier molecular flexibility index (Phi) is 5.01. The van der Waals surface area contributed by atoms with Gasteiger partial charge in [-0.05, 0) is 56.0 Å². The molecule has 0 amide bonds. The van der Waals surface area contributed by atoms with Crippen LogP contribution in [0.3, 0.4) is 0 Å². The van der Waals surface area contributed by atoms with Crippen molar-refractivity contribution in [2.24, 2.45) is 0 Å². The number of ether oxygens (including phenoxy) is 2. The highest BCUT2D eigenvalue weighted by Gasteiger charge is 2.29. The lowest BCUT2D eigenvalue weighted by molar-refractivity contribution is 0.0601. The van der Waals surface area contributed by atoms with Crippen molar-refractivity contribution in [2.75, 3.05) is 18.4 Å². The molecular weight excluding hydrogens is 362 g/mol. The van der Waals surface area contributed by atoms with Gasteiger partial charge in [0.15, 0.2) is 0 Å². The Bertz CT molecular complexity index is 885. The number of aryl methyl sites for hydroxylation is 1. The van der Waals surface area contributed by atoms with Gasteiger partial charge in [-0.15, -0.1) is 11.3 Å². The molecule has 1 aromatic carbocycles. The molecule has 0 saturated heterocycles. The number of nitrogens with one attached hydrogen (secondary N) is 1. The number of fused-ring (bicyclic) bond motifs is 1. The molecule has 0 aliphatic heterocycles. The quantitative estimate of drug-likeness (QED) is 0.777. The summed E-state index contributed by atoms with van der Waals surface area (Å²) in [6.07, 6.45) is 2.59. The molecule has 0 spiro atoms. The second-order valence-corrected chi connectivity index (χ2v) is 8.35. The molecule has 0 fully saturated rings. The summed E-state index contributed by atoms with van der Waals surface area (Å²) in [6.45, 7) is 2.37. The Morgan fingerprint density at radius 1 is 1.24 bits per heavy atom. The number of hydrogen-bond acceptors (Lipinski definition) is 6. The number of benzene rings is 1. The van der Waals surface area contributed by atoms with Gasteiger partial charge in [0.2, 0.25) is 0 Å². The average molecular weight is 381 g/mol. The van der Waals surface area contributed by atoms with Crippen molar-refractivity contribution >= 4 is 32.3 Å². The third-order valence-corrected chi connectivity index (χ3v) is 6.68. The Morgan fingerprint density at radius 2 is 1.96 bits per heavy atom. The van der Waals surface area contributed by atoms with E-state index in [-0.39, 0.29) is 4.90 Å². The molecule has 1 aliphatic carbocycles. The molecule has 0 saturated carbocycles. The summed E-state index contributed by atoms with van der Waals surface area (Å²) in [5.41, 5.74) is 1.25. The molecule has 1 N–H and O–H groups in total. The third kappa shape index (κ3) is 3.50. The van der Waals surface area contributed by atoms with Gasteiger partial charge in [0, 0.05) is 4.88 Å². The normalized spacial score (nSPS) is 13.4. The predicted molar refractivity (Wildman–Crippen MR) is 96.1 cm³/mol. The summed E-state index contributed by atoms with van der Waals surface area (Å²) in [6, 6.07) is 6.17. The van der Waals surface area contributed by atoms with Crippen LogP contribution in [-0.4, -0.2) is 28.1 Å². The molecule has 0 atom stereocenters. The first-order valence-electron chi connectivity index (χ1n) is 7.94. The van der Waals surface area contributed by atoms with Crippen molar-refractivity contribution in [1.82, 2.24) is 0 Å². The average Bonchev–Trinajstić information content (AvgIpc) is 3.15. The number of hydrogen-bond donors (Lipinski definition) is 1. The second kappa shape index (κ2) is 7.05. The molecule has 0 bridgehead atoms. The van der Waals surface area contributed by atoms with Gasteiger partial charge < -0.3 is 9.47 Å². The minimum atomic E-state index is -3.80. The van der Waals surface area contributed by atoms with E-state index in [1.165, 1.54) is 30.6 Å². The van der Waals surface area contributed by atoms with Gasteiger partial charge in [0.25, 0.3) is 10.0 Å². The lowest BCUT2D eigenvalue weighted by Gasteiger charge is -2.10. The van der Waals surface area contributed by atoms with E-state index < -0.39 is 16.0 Å². The molecule has 1 heterocycles. The van der Waals surface area contributed by atoms with E-state index in [1.807, 2.05) is 6.92 Å². The summed E-state index contributed by atoms with van der Waals surface area (Å²) < 4.78 is 38.0. The second-order valence-electron chi connectivity index (χ2n) is 5.56. The first-order chi connectivity index (χ1) is 12.0. The number of methoxy groups -OCH3 is 1. The number of thiophene rings is 1. The first kappa shape index (κ1) is 17.8. The van der Waals surface area contributed by atoms with Gasteiger partial charge in [-0.3, -0.25) is 4.72 Å². The highest BCUT2D eigenvalue weighted by atomic mass is 32.2. The van der Waals surface area contributed by atoms with Gasteiger partial charge in [-0.2, -0.15) is 0 Å². The Balaban J connectivity index is 1.92. The van der Waals surface area contributed by atoms with E-state index in [1.54, 1.807) is 12.1 Å². The monoisotopic (exact) mass is 381 g/mol. The first-order valence-corrected chi connectivity index (χ1v) is 10.2. The maximum atomic E-state index is 12.7. The van der Waals surface area contributed by atoms with Crippen LogP contribution in [0.15, 0.2) is 29.2 Å². The van der Waals surface area contributed by atoms with Crippen LogP contribution in [0.5, 0.6) is 5.75 Å². The SMILES string of the molecule is CCOc1ccc(S(=O)(=O)Nc2sc3c(c2C(=O)OC)CCC3)cc1. The molecular formula is C17H19NO5S2. The smallest absolute Gasteiger partial charge is 0.341 e. The van der Waals surface area contributed by atoms with Crippen molar-refractivity contribution in [1.29, 1.82) is 0 Å².